The number of benzene rings is 2. The van der Waals surface area contributed by atoms with Crippen molar-refractivity contribution in [2.45, 2.75) is 39.3 Å². The van der Waals surface area contributed by atoms with E-state index in [4.69, 9.17) is 14.2 Å². The highest BCUT2D eigenvalue weighted by molar-refractivity contribution is 5.89. The van der Waals surface area contributed by atoms with Crippen LogP contribution in [-0.4, -0.2) is 50.1 Å². The van der Waals surface area contributed by atoms with Crippen molar-refractivity contribution in [3.63, 3.8) is 0 Å². The topological polar surface area (TPSA) is 77.1 Å². The number of methoxy groups -OCH3 is 2. The first-order valence-corrected chi connectivity index (χ1v) is 10.9. The molecule has 1 aliphatic heterocycles. The molecule has 2 aromatic carbocycles. The first kappa shape index (κ1) is 23.4. The third kappa shape index (κ3) is 6.15. The van der Waals surface area contributed by atoms with Crippen LogP contribution in [0.15, 0.2) is 42.5 Å². The van der Waals surface area contributed by atoms with Gasteiger partial charge in [-0.2, -0.15) is 0 Å². The van der Waals surface area contributed by atoms with Gasteiger partial charge in [-0.1, -0.05) is 18.2 Å². The van der Waals surface area contributed by atoms with Crippen LogP contribution in [0.1, 0.15) is 31.4 Å². The minimum atomic E-state index is -0.323. The number of nitrogens with zero attached hydrogens (tertiary/aromatic N) is 1. The van der Waals surface area contributed by atoms with E-state index in [1.54, 1.807) is 19.1 Å². The fourth-order valence-corrected chi connectivity index (χ4v) is 3.76. The van der Waals surface area contributed by atoms with Gasteiger partial charge < -0.3 is 24.4 Å². The minimum absolute atomic E-state index is 0.0146. The van der Waals surface area contributed by atoms with Gasteiger partial charge in [-0.3, -0.25) is 9.59 Å². The van der Waals surface area contributed by atoms with Crippen LogP contribution < -0.4 is 19.5 Å². The molecule has 7 heteroatoms. The van der Waals surface area contributed by atoms with E-state index in [2.05, 4.69) is 5.32 Å². The molecule has 32 heavy (non-hydrogen) atoms. The molecule has 1 heterocycles. The Hall–Kier alpha value is -3.22. The van der Waals surface area contributed by atoms with Gasteiger partial charge in [0.25, 0.3) is 0 Å². The maximum Gasteiger partial charge on any atom is 0.225 e. The van der Waals surface area contributed by atoms with E-state index in [1.807, 2.05) is 56.3 Å². The van der Waals surface area contributed by atoms with Crippen LogP contribution in [-0.2, 0) is 22.6 Å². The molecule has 0 aliphatic carbocycles. The van der Waals surface area contributed by atoms with Gasteiger partial charge in [-0.15, -0.1) is 0 Å². The number of likely N-dealkylation sites (tertiary alicyclic amines) is 1. The molecule has 1 aliphatic rings. The van der Waals surface area contributed by atoms with Gasteiger partial charge in [0.05, 0.1) is 26.2 Å². The zero-order valence-electron chi connectivity index (χ0n) is 19.2. The van der Waals surface area contributed by atoms with Crippen molar-refractivity contribution in [3.05, 3.63) is 53.6 Å². The number of hydrogen-bond donors (Lipinski definition) is 1. The van der Waals surface area contributed by atoms with Gasteiger partial charge in [-0.25, -0.2) is 0 Å². The van der Waals surface area contributed by atoms with Crippen LogP contribution in [0.25, 0.3) is 0 Å². The van der Waals surface area contributed by atoms with Crippen LogP contribution in [0, 0.1) is 5.92 Å². The van der Waals surface area contributed by atoms with Crippen molar-refractivity contribution in [2.24, 2.45) is 5.92 Å². The van der Waals surface area contributed by atoms with Crippen LogP contribution in [0.3, 0.4) is 0 Å². The number of carbonyl (C=O) groups is 2. The summed E-state index contributed by atoms with van der Waals surface area (Å²) in [6.45, 7) is 5.40. The van der Waals surface area contributed by atoms with Gasteiger partial charge in [0, 0.05) is 26.1 Å². The lowest BCUT2D eigenvalue weighted by molar-refractivity contribution is -0.129. The molecule has 0 radical (unpaired) electrons. The Labute approximate surface area is 189 Å². The molecule has 2 aromatic rings. The largest absolute Gasteiger partial charge is 0.493 e. The Morgan fingerprint density at radius 1 is 1.06 bits per heavy atom. The van der Waals surface area contributed by atoms with Crippen molar-refractivity contribution in [1.29, 1.82) is 0 Å². The van der Waals surface area contributed by atoms with E-state index in [0.717, 1.165) is 16.9 Å². The van der Waals surface area contributed by atoms with E-state index in [-0.39, 0.29) is 30.3 Å². The number of carbonyl (C=O) groups excluding carboxylic acids is 2. The normalized spacial score (nSPS) is 15.7. The third-order valence-corrected chi connectivity index (χ3v) is 5.47. The summed E-state index contributed by atoms with van der Waals surface area (Å²) in [5, 5.41) is 2.95. The molecule has 1 fully saturated rings. The first-order valence-electron chi connectivity index (χ1n) is 10.9. The molecule has 1 unspecified atom stereocenters. The molecular formula is C25H32N2O5. The maximum absolute atomic E-state index is 12.6. The lowest BCUT2D eigenvalue weighted by atomic mass is 10.1. The smallest absolute Gasteiger partial charge is 0.225 e. The summed E-state index contributed by atoms with van der Waals surface area (Å²) in [5.74, 6) is 1.75. The average Bonchev–Trinajstić information content (AvgIpc) is 3.17. The summed E-state index contributed by atoms with van der Waals surface area (Å²) in [4.78, 5) is 26.8. The quantitative estimate of drug-likeness (QED) is 0.614. The molecule has 1 atom stereocenters. The second-order valence-corrected chi connectivity index (χ2v) is 8.21. The molecule has 2 amide bonds. The highest BCUT2D eigenvalue weighted by Gasteiger charge is 2.33. The van der Waals surface area contributed by atoms with Gasteiger partial charge in [0.2, 0.25) is 11.8 Å². The van der Waals surface area contributed by atoms with Crippen molar-refractivity contribution < 1.29 is 23.8 Å². The molecule has 172 valence electrons. The van der Waals surface area contributed by atoms with Gasteiger partial charge >= 0.3 is 0 Å². The number of amides is 2. The molecule has 0 saturated carbocycles. The van der Waals surface area contributed by atoms with E-state index in [1.165, 1.54) is 0 Å². The van der Waals surface area contributed by atoms with Crippen molar-refractivity contribution >= 4 is 11.8 Å². The zero-order valence-corrected chi connectivity index (χ0v) is 19.2. The Kier molecular flexibility index (Phi) is 7.98. The number of nitrogens with one attached hydrogen (secondary N) is 1. The summed E-state index contributed by atoms with van der Waals surface area (Å²) in [7, 11) is 3.20. The van der Waals surface area contributed by atoms with Gasteiger partial charge in [0.1, 0.15) is 5.75 Å². The van der Waals surface area contributed by atoms with E-state index < -0.39 is 0 Å². The Balaban J connectivity index is 1.48. The van der Waals surface area contributed by atoms with Gasteiger partial charge in [-0.05, 0) is 55.7 Å². The van der Waals surface area contributed by atoms with E-state index >= 15 is 0 Å². The number of ether oxygens (including phenoxy) is 3. The second kappa shape index (κ2) is 10.9. The summed E-state index contributed by atoms with van der Waals surface area (Å²) in [6.07, 6.45) is 1.06. The SMILES string of the molecule is COc1ccc(CCN2CC(C(=O)NCc3ccc(OC(C)C)cc3)CC2=O)cc1OC. The molecule has 1 saturated heterocycles. The summed E-state index contributed by atoms with van der Waals surface area (Å²) in [6, 6.07) is 13.4. The molecule has 7 nitrogen and oxygen atoms in total. The van der Waals surface area contributed by atoms with Crippen LogP contribution in [0.5, 0.6) is 17.2 Å². The summed E-state index contributed by atoms with van der Waals surface area (Å²) < 4.78 is 16.2. The molecule has 3 rings (SSSR count). The summed E-state index contributed by atoms with van der Waals surface area (Å²) in [5.41, 5.74) is 2.04. The lowest BCUT2D eigenvalue weighted by Gasteiger charge is -2.17. The second-order valence-electron chi connectivity index (χ2n) is 8.21. The van der Waals surface area contributed by atoms with Crippen LogP contribution in [0.2, 0.25) is 0 Å². The standard InChI is InChI=1S/C25H32N2O5/c1-17(2)32-21-8-5-19(6-9-21)15-26-25(29)20-14-24(28)27(16-20)12-11-18-7-10-22(30-3)23(13-18)31-4/h5-10,13,17,20H,11-12,14-16H2,1-4H3,(H,26,29). The maximum atomic E-state index is 12.6. The predicted molar refractivity (Wildman–Crippen MR) is 122 cm³/mol. The zero-order chi connectivity index (χ0) is 23.1. The van der Waals surface area contributed by atoms with Crippen molar-refractivity contribution in [1.82, 2.24) is 10.2 Å². The fraction of sp³-hybridized carbons (Fsp3) is 0.440. The average molecular weight is 441 g/mol. The molecular weight excluding hydrogens is 408 g/mol. The van der Waals surface area contributed by atoms with Crippen molar-refractivity contribution in [3.8, 4) is 17.2 Å². The number of hydrogen-bond acceptors (Lipinski definition) is 5. The molecule has 1 N–H and O–H groups in total. The monoisotopic (exact) mass is 440 g/mol. The third-order valence-electron chi connectivity index (χ3n) is 5.47. The number of rotatable bonds is 10. The Bertz CT molecular complexity index is 926. The van der Waals surface area contributed by atoms with Crippen LogP contribution in [0.4, 0.5) is 0 Å². The molecule has 0 spiro atoms. The highest BCUT2D eigenvalue weighted by Crippen LogP contribution is 2.28. The van der Waals surface area contributed by atoms with E-state index in [0.29, 0.717) is 37.6 Å². The molecule has 0 aromatic heterocycles. The first-order chi connectivity index (χ1) is 15.4. The van der Waals surface area contributed by atoms with Crippen LogP contribution >= 0.6 is 0 Å². The highest BCUT2D eigenvalue weighted by atomic mass is 16.5. The Morgan fingerprint density at radius 2 is 1.75 bits per heavy atom. The molecule has 0 bridgehead atoms. The minimum Gasteiger partial charge on any atom is -0.493 e. The van der Waals surface area contributed by atoms with E-state index in [9.17, 15) is 9.59 Å². The lowest BCUT2D eigenvalue weighted by Crippen LogP contribution is -2.33. The Morgan fingerprint density at radius 3 is 2.41 bits per heavy atom. The fourth-order valence-electron chi connectivity index (χ4n) is 3.76. The van der Waals surface area contributed by atoms with Gasteiger partial charge in [0.15, 0.2) is 11.5 Å². The van der Waals surface area contributed by atoms with Crippen molar-refractivity contribution in [2.75, 3.05) is 27.3 Å². The summed E-state index contributed by atoms with van der Waals surface area (Å²) >= 11 is 0. The predicted octanol–water partition coefficient (Wildman–Crippen LogP) is 3.20.